The molecule has 42 heavy (non-hydrogen) atoms. The van der Waals surface area contributed by atoms with Crippen molar-refractivity contribution in [3.63, 3.8) is 0 Å². The molecule has 0 saturated heterocycles. The Balaban J connectivity index is 2.01. The second-order valence-electron chi connectivity index (χ2n) is 9.09. The molecule has 0 fully saturated rings. The number of carbonyl (C=O) groups excluding carboxylic acids is 1. The maximum absolute atomic E-state index is 13.2. The first kappa shape index (κ1) is 32.6. The van der Waals surface area contributed by atoms with Gasteiger partial charge in [0.05, 0.1) is 28.6 Å². The summed E-state index contributed by atoms with van der Waals surface area (Å²) in [6.07, 6.45) is -14.2. The SMILES string of the molecule is Cc1ccc(C(F)(F)F)cc1COc1cc(NC(=O)c2cc(C(F)(F)F)cc(C(F)(F)F)c2)ccc1N(C)S(C)(=O)=O. The van der Waals surface area contributed by atoms with Crippen molar-refractivity contribution < 1.29 is 57.5 Å². The molecule has 0 radical (unpaired) electrons. The van der Waals surface area contributed by atoms with Gasteiger partial charge in [0.2, 0.25) is 10.0 Å². The van der Waals surface area contributed by atoms with Crippen molar-refractivity contribution in [3.8, 4) is 5.75 Å². The highest BCUT2D eigenvalue weighted by Crippen LogP contribution is 2.38. The Morgan fingerprint density at radius 1 is 0.810 bits per heavy atom. The van der Waals surface area contributed by atoms with E-state index in [1.54, 1.807) is 0 Å². The number of ether oxygens (including phenoxy) is 1. The lowest BCUT2D eigenvalue weighted by molar-refractivity contribution is -0.143. The van der Waals surface area contributed by atoms with Crippen LogP contribution in [0.2, 0.25) is 0 Å². The van der Waals surface area contributed by atoms with E-state index in [0.29, 0.717) is 5.56 Å². The molecule has 3 aromatic carbocycles. The Hall–Kier alpha value is -3.95. The predicted octanol–water partition coefficient (Wildman–Crippen LogP) is 7.28. The fraction of sp³-hybridized carbons (Fsp3) is 0.269. The molecule has 228 valence electrons. The van der Waals surface area contributed by atoms with Gasteiger partial charge in [-0.25, -0.2) is 8.42 Å². The van der Waals surface area contributed by atoms with E-state index in [0.717, 1.165) is 47.9 Å². The van der Waals surface area contributed by atoms with Crippen LogP contribution in [0.25, 0.3) is 0 Å². The van der Waals surface area contributed by atoms with Crippen molar-refractivity contribution in [2.75, 3.05) is 22.9 Å². The maximum atomic E-state index is 13.2. The first-order chi connectivity index (χ1) is 19.1. The Bertz CT molecular complexity index is 1570. The summed E-state index contributed by atoms with van der Waals surface area (Å²) in [5.74, 6) is -1.65. The van der Waals surface area contributed by atoms with Crippen LogP contribution in [0.4, 0.5) is 50.9 Å². The van der Waals surface area contributed by atoms with E-state index in [1.165, 1.54) is 13.0 Å². The summed E-state index contributed by atoms with van der Waals surface area (Å²) in [6.45, 7) is 1.00. The summed E-state index contributed by atoms with van der Waals surface area (Å²) in [5, 5.41) is 2.13. The van der Waals surface area contributed by atoms with E-state index in [1.807, 2.05) is 0 Å². The lowest BCUT2D eigenvalue weighted by Gasteiger charge is -2.22. The zero-order chi connectivity index (χ0) is 31.8. The molecule has 0 spiro atoms. The van der Waals surface area contributed by atoms with Crippen molar-refractivity contribution in [1.29, 1.82) is 0 Å². The monoisotopic (exact) mass is 628 g/mol. The van der Waals surface area contributed by atoms with Crippen molar-refractivity contribution in [3.05, 3.63) is 88.0 Å². The van der Waals surface area contributed by atoms with Gasteiger partial charge in [-0.3, -0.25) is 9.10 Å². The molecule has 0 aliphatic carbocycles. The van der Waals surface area contributed by atoms with Crippen molar-refractivity contribution >= 4 is 27.3 Å². The Morgan fingerprint density at radius 3 is 1.86 bits per heavy atom. The van der Waals surface area contributed by atoms with Crippen LogP contribution >= 0.6 is 0 Å². The van der Waals surface area contributed by atoms with Gasteiger partial charge in [-0.1, -0.05) is 6.07 Å². The highest BCUT2D eigenvalue weighted by atomic mass is 32.2. The lowest BCUT2D eigenvalue weighted by Crippen LogP contribution is -2.25. The third-order valence-corrected chi connectivity index (χ3v) is 7.16. The summed E-state index contributed by atoms with van der Waals surface area (Å²) >= 11 is 0. The minimum atomic E-state index is -5.20. The molecule has 0 atom stereocenters. The number of nitrogens with one attached hydrogen (secondary N) is 1. The molecule has 0 aromatic heterocycles. The molecule has 0 unspecified atom stereocenters. The van der Waals surface area contributed by atoms with Crippen LogP contribution in [-0.2, 0) is 35.2 Å². The van der Waals surface area contributed by atoms with Gasteiger partial charge in [-0.15, -0.1) is 0 Å². The molecule has 0 bridgehead atoms. The number of amides is 1. The van der Waals surface area contributed by atoms with Gasteiger partial charge in [0.1, 0.15) is 12.4 Å². The number of aryl methyl sites for hydroxylation is 1. The summed E-state index contributed by atoms with van der Waals surface area (Å²) < 4.78 is 149. The average molecular weight is 629 g/mol. The van der Waals surface area contributed by atoms with E-state index in [2.05, 4.69) is 5.32 Å². The Kier molecular flexibility index (Phi) is 8.82. The third-order valence-electron chi connectivity index (χ3n) is 5.96. The van der Waals surface area contributed by atoms with Crippen LogP contribution in [0.3, 0.4) is 0 Å². The van der Waals surface area contributed by atoms with Crippen LogP contribution in [0, 0.1) is 6.92 Å². The fourth-order valence-electron chi connectivity index (χ4n) is 3.59. The van der Waals surface area contributed by atoms with E-state index in [-0.39, 0.29) is 40.9 Å². The number of rotatable bonds is 7. The smallest absolute Gasteiger partial charge is 0.416 e. The van der Waals surface area contributed by atoms with Gasteiger partial charge >= 0.3 is 18.5 Å². The lowest BCUT2D eigenvalue weighted by atomic mass is 10.0. The highest BCUT2D eigenvalue weighted by molar-refractivity contribution is 7.92. The quantitative estimate of drug-likeness (QED) is 0.279. The number of alkyl halides is 9. The Labute approximate surface area is 233 Å². The molecule has 0 aliphatic rings. The molecule has 3 rings (SSSR count). The number of hydrogen-bond donors (Lipinski definition) is 1. The van der Waals surface area contributed by atoms with Crippen molar-refractivity contribution in [1.82, 2.24) is 0 Å². The summed E-state index contributed by atoms with van der Waals surface area (Å²) in [5.41, 5.74) is -5.25. The molecule has 16 heteroatoms. The van der Waals surface area contributed by atoms with E-state index < -0.39 is 63.3 Å². The second kappa shape index (κ2) is 11.4. The number of anilines is 2. The van der Waals surface area contributed by atoms with Gasteiger partial charge < -0.3 is 10.1 Å². The molecule has 1 N–H and O–H groups in total. The molecule has 1 amide bonds. The second-order valence-corrected chi connectivity index (χ2v) is 11.1. The summed E-state index contributed by atoms with van der Waals surface area (Å²) in [6, 6.07) is 6.45. The molecule has 3 aromatic rings. The van der Waals surface area contributed by atoms with Gasteiger partial charge in [0.25, 0.3) is 5.91 Å². The van der Waals surface area contributed by atoms with Gasteiger partial charge in [0.15, 0.2) is 0 Å². The summed E-state index contributed by atoms with van der Waals surface area (Å²) in [7, 11) is -2.78. The zero-order valence-corrected chi connectivity index (χ0v) is 22.6. The fourth-order valence-corrected chi connectivity index (χ4v) is 4.10. The normalized spacial score (nSPS) is 12.7. The number of nitrogens with zero attached hydrogens (tertiary/aromatic N) is 1. The van der Waals surface area contributed by atoms with E-state index in [4.69, 9.17) is 4.74 Å². The number of hydrogen-bond acceptors (Lipinski definition) is 4. The first-order valence-electron chi connectivity index (χ1n) is 11.6. The van der Waals surface area contributed by atoms with Crippen molar-refractivity contribution in [2.45, 2.75) is 32.1 Å². The topological polar surface area (TPSA) is 75.7 Å². The minimum absolute atomic E-state index is 0.0795. The molecule has 0 aliphatic heterocycles. The number of benzene rings is 3. The van der Waals surface area contributed by atoms with E-state index in [9.17, 15) is 52.7 Å². The standard InChI is InChI=1S/C26H21F9N2O4S/c1-14-4-5-17(24(27,28)29)10-16(14)13-41-22-12-20(6-7-21(22)37(2)42(3,39)40)36-23(38)15-8-18(25(30,31)32)11-19(9-15)26(33,34)35/h4-12H,13H2,1-3H3,(H,36,38). The highest BCUT2D eigenvalue weighted by Gasteiger charge is 2.37. The van der Waals surface area contributed by atoms with Gasteiger partial charge in [-0.2, -0.15) is 39.5 Å². The first-order valence-corrected chi connectivity index (χ1v) is 13.4. The molecule has 0 heterocycles. The van der Waals surface area contributed by atoms with Gasteiger partial charge in [-0.05, 0) is 60.5 Å². The minimum Gasteiger partial charge on any atom is -0.487 e. The number of halogens is 9. The predicted molar refractivity (Wildman–Crippen MR) is 135 cm³/mol. The van der Waals surface area contributed by atoms with Gasteiger partial charge in [0, 0.05) is 24.4 Å². The van der Waals surface area contributed by atoms with Crippen LogP contribution in [-0.4, -0.2) is 27.6 Å². The van der Waals surface area contributed by atoms with Crippen molar-refractivity contribution in [2.24, 2.45) is 0 Å². The average Bonchev–Trinajstić information content (AvgIpc) is 2.85. The molecule has 6 nitrogen and oxygen atoms in total. The molecule has 0 saturated carbocycles. The maximum Gasteiger partial charge on any atom is 0.416 e. The molecular formula is C26H21F9N2O4S. The number of sulfonamides is 1. The largest absolute Gasteiger partial charge is 0.487 e. The van der Waals surface area contributed by atoms with Crippen LogP contribution in [0.1, 0.15) is 38.2 Å². The zero-order valence-electron chi connectivity index (χ0n) is 21.8. The molecular weight excluding hydrogens is 607 g/mol. The Morgan fingerprint density at radius 2 is 1.36 bits per heavy atom. The van der Waals surface area contributed by atoms with E-state index >= 15 is 0 Å². The van der Waals surface area contributed by atoms with Crippen LogP contribution < -0.4 is 14.4 Å². The van der Waals surface area contributed by atoms with Crippen LogP contribution in [0.15, 0.2) is 54.6 Å². The third kappa shape index (κ3) is 7.86. The van der Waals surface area contributed by atoms with Crippen LogP contribution in [0.5, 0.6) is 5.75 Å². The summed E-state index contributed by atoms with van der Waals surface area (Å²) in [4.78, 5) is 12.7. The number of carbonyl (C=O) groups is 1.